The third kappa shape index (κ3) is 5.28. The average Bonchev–Trinajstić information content (AvgIpc) is 3.35. The number of fused-ring (bicyclic) bond motifs is 1. The van der Waals surface area contributed by atoms with Gasteiger partial charge in [-0.3, -0.25) is 4.90 Å². The van der Waals surface area contributed by atoms with Crippen LogP contribution in [0.4, 0.5) is 5.82 Å². The molecule has 0 bridgehead atoms. The van der Waals surface area contributed by atoms with E-state index in [-0.39, 0.29) is 5.57 Å². The monoisotopic (exact) mass is 536 g/mol. The standard InChI is InChI=1S/C27H32N6O4S/c1-4-27(28-14-20(15-29-27)26(34)35)32(2)16-21-13-22-23(38-21)25(33-8-10-37-11-9-33)31-24(30-22)19-7-5-6-18(12-19)17-36-3/h5-7,12-15,28H,4,8-11,16-17H2,1-3H3,(H,34,35). The summed E-state index contributed by atoms with van der Waals surface area (Å²) in [6.07, 6.45) is 3.61. The lowest BCUT2D eigenvalue weighted by atomic mass is 10.1. The fourth-order valence-electron chi connectivity index (χ4n) is 4.73. The fourth-order valence-corrected chi connectivity index (χ4v) is 5.89. The molecular formula is C27H32N6O4S. The highest BCUT2D eigenvalue weighted by molar-refractivity contribution is 7.19. The van der Waals surface area contributed by atoms with Gasteiger partial charge >= 0.3 is 5.97 Å². The van der Waals surface area contributed by atoms with Crippen LogP contribution in [0, 0.1) is 0 Å². The van der Waals surface area contributed by atoms with Gasteiger partial charge in [-0.2, -0.15) is 0 Å². The van der Waals surface area contributed by atoms with Gasteiger partial charge in [0.1, 0.15) is 0 Å². The van der Waals surface area contributed by atoms with Crippen molar-refractivity contribution >= 4 is 39.6 Å². The summed E-state index contributed by atoms with van der Waals surface area (Å²) < 4.78 is 12.0. The normalized spacial score (nSPS) is 19.6. The van der Waals surface area contributed by atoms with Crippen LogP contribution in [0.2, 0.25) is 0 Å². The summed E-state index contributed by atoms with van der Waals surface area (Å²) >= 11 is 1.68. The van der Waals surface area contributed by atoms with Crippen LogP contribution in [0.3, 0.4) is 0 Å². The van der Waals surface area contributed by atoms with Gasteiger partial charge in [-0.1, -0.05) is 25.1 Å². The van der Waals surface area contributed by atoms with Crippen molar-refractivity contribution in [3.63, 3.8) is 0 Å². The second-order valence-electron chi connectivity index (χ2n) is 9.36. The van der Waals surface area contributed by atoms with E-state index < -0.39 is 11.8 Å². The molecule has 0 saturated carbocycles. The third-order valence-electron chi connectivity index (χ3n) is 6.85. The SMILES string of the molecule is CCC1(N(C)Cc2cc3nc(-c4cccc(COC)c4)nc(N4CCOCC4)c3s2)N=CC(C(=O)O)=CN1. The molecule has 0 spiro atoms. The number of benzene rings is 1. The lowest BCUT2D eigenvalue weighted by molar-refractivity contribution is -0.132. The number of anilines is 1. The fraction of sp³-hybridized carbons (Fsp3) is 0.407. The predicted molar refractivity (Wildman–Crippen MR) is 148 cm³/mol. The lowest BCUT2D eigenvalue weighted by Gasteiger charge is -2.39. The van der Waals surface area contributed by atoms with Crippen molar-refractivity contribution < 1.29 is 19.4 Å². The molecule has 11 heteroatoms. The van der Waals surface area contributed by atoms with Crippen molar-refractivity contribution in [2.24, 2.45) is 4.99 Å². The first-order chi connectivity index (χ1) is 18.4. The molecule has 2 aromatic heterocycles. The van der Waals surface area contributed by atoms with Gasteiger partial charge in [0.25, 0.3) is 0 Å². The molecule has 2 aliphatic heterocycles. The molecule has 3 aromatic rings. The Labute approximate surface area is 225 Å². The number of hydrogen-bond donors (Lipinski definition) is 2. The molecule has 0 aliphatic carbocycles. The number of aliphatic imine (C=N–C) groups is 1. The van der Waals surface area contributed by atoms with Crippen LogP contribution in [0.25, 0.3) is 21.6 Å². The highest BCUT2D eigenvalue weighted by Gasteiger charge is 2.34. The minimum atomic E-state index is -1.00. The Morgan fingerprint density at radius 1 is 1.29 bits per heavy atom. The summed E-state index contributed by atoms with van der Waals surface area (Å²) in [7, 11) is 3.67. The summed E-state index contributed by atoms with van der Waals surface area (Å²) in [5, 5.41) is 12.5. The first-order valence-electron chi connectivity index (χ1n) is 12.6. The number of carboxylic acids is 1. The number of morpholine rings is 1. The summed E-state index contributed by atoms with van der Waals surface area (Å²) in [4.78, 5) is 31.4. The first-order valence-corrected chi connectivity index (χ1v) is 13.4. The van der Waals surface area contributed by atoms with Gasteiger partial charge in [0.15, 0.2) is 17.4 Å². The van der Waals surface area contributed by atoms with E-state index in [1.165, 1.54) is 12.4 Å². The van der Waals surface area contributed by atoms with Gasteiger partial charge in [-0.05, 0) is 24.7 Å². The summed E-state index contributed by atoms with van der Waals surface area (Å²) in [5.41, 5.74) is 3.06. The molecule has 38 heavy (non-hydrogen) atoms. The number of methoxy groups -OCH3 is 1. The van der Waals surface area contributed by atoms with E-state index >= 15 is 0 Å². The molecule has 2 aliphatic rings. The number of nitrogens with one attached hydrogen (secondary N) is 1. The van der Waals surface area contributed by atoms with E-state index in [0.717, 1.165) is 45.1 Å². The van der Waals surface area contributed by atoms with Crippen LogP contribution < -0.4 is 10.2 Å². The highest BCUT2D eigenvalue weighted by atomic mass is 32.1. The minimum absolute atomic E-state index is 0.136. The van der Waals surface area contributed by atoms with Crippen molar-refractivity contribution in [1.82, 2.24) is 20.2 Å². The van der Waals surface area contributed by atoms with Crippen LogP contribution in [0.1, 0.15) is 23.8 Å². The Morgan fingerprint density at radius 2 is 2.11 bits per heavy atom. The maximum absolute atomic E-state index is 11.3. The largest absolute Gasteiger partial charge is 0.478 e. The van der Waals surface area contributed by atoms with Gasteiger partial charge in [-0.25, -0.2) is 19.8 Å². The number of thiophene rings is 1. The Hall–Kier alpha value is -3.38. The summed E-state index contributed by atoms with van der Waals surface area (Å²) in [6, 6.07) is 10.3. The van der Waals surface area contributed by atoms with Crippen LogP contribution in [0.5, 0.6) is 0 Å². The molecule has 5 rings (SSSR count). The Kier molecular flexibility index (Phi) is 7.70. The molecule has 0 radical (unpaired) electrons. The van der Waals surface area contributed by atoms with E-state index in [1.807, 2.05) is 32.2 Å². The Balaban J connectivity index is 1.49. The maximum atomic E-state index is 11.3. The molecule has 200 valence electrons. The number of ether oxygens (including phenoxy) is 2. The number of carboxylic acid groups (broad SMARTS) is 1. The summed E-state index contributed by atoms with van der Waals surface area (Å²) in [6.45, 7) is 6.05. The van der Waals surface area contributed by atoms with Crippen LogP contribution in [-0.2, 0) is 27.4 Å². The topological polar surface area (TPSA) is 112 Å². The molecule has 1 fully saturated rings. The highest BCUT2D eigenvalue weighted by Crippen LogP contribution is 2.36. The van der Waals surface area contributed by atoms with Gasteiger partial charge in [-0.15, -0.1) is 11.3 Å². The van der Waals surface area contributed by atoms with Gasteiger partial charge in [0.05, 0.1) is 35.6 Å². The van der Waals surface area contributed by atoms with E-state index in [4.69, 9.17) is 19.4 Å². The molecule has 1 aromatic carbocycles. The minimum Gasteiger partial charge on any atom is -0.478 e. The van der Waals surface area contributed by atoms with Crippen molar-refractivity contribution in [1.29, 1.82) is 0 Å². The number of carbonyl (C=O) groups is 1. The zero-order valence-electron chi connectivity index (χ0n) is 21.8. The molecule has 0 amide bonds. The Morgan fingerprint density at radius 3 is 2.79 bits per heavy atom. The second kappa shape index (κ2) is 11.2. The number of aromatic nitrogens is 2. The average molecular weight is 537 g/mol. The molecule has 1 saturated heterocycles. The maximum Gasteiger partial charge on any atom is 0.338 e. The van der Waals surface area contributed by atoms with Crippen molar-refractivity contribution in [2.75, 3.05) is 45.4 Å². The van der Waals surface area contributed by atoms with Crippen molar-refractivity contribution in [2.45, 2.75) is 32.3 Å². The molecule has 1 atom stereocenters. The quantitative estimate of drug-likeness (QED) is 0.424. The van der Waals surface area contributed by atoms with E-state index in [2.05, 4.69) is 32.2 Å². The number of hydrogen-bond acceptors (Lipinski definition) is 10. The number of nitrogens with zero attached hydrogens (tertiary/aromatic N) is 5. The van der Waals surface area contributed by atoms with E-state index in [9.17, 15) is 9.90 Å². The van der Waals surface area contributed by atoms with Gasteiger partial charge < -0.3 is 24.8 Å². The lowest BCUT2D eigenvalue weighted by Crippen LogP contribution is -2.55. The van der Waals surface area contributed by atoms with Crippen molar-refractivity contribution in [3.8, 4) is 11.4 Å². The van der Waals surface area contributed by atoms with Crippen LogP contribution >= 0.6 is 11.3 Å². The van der Waals surface area contributed by atoms with Crippen molar-refractivity contribution in [3.05, 3.63) is 52.5 Å². The molecule has 2 N–H and O–H groups in total. The van der Waals surface area contributed by atoms with Gasteiger partial charge in [0, 0.05) is 56.0 Å². The smallest absolute Gasteiger partial charge is 0.338 e. The molecular weight excluding hydrogens is 504 g/mol. The number of aliphatic carboxylic acids is 1. The zero-order chi connectivity index (χ0) is 26.7. The van der Waals surface area contributed by atoms with Crippen LogP contribution in [0.15, 0.2) is 47.1 Å². The van der Waals surface area contributed by atoms with E-state index in [1.54, 1.807) is 18.4 Å². The van der Waals surface area contributed by atoms with Crippen LogP contribution in [-0.4, -0.2) is 78.4 Å². The predicted octanol–water partition coefficient (Wildman–Crippen LogP) is 3.48. The second-order valence-corrected chi connectivity index (χ2v) is 10.5. The van der Waals surface area contributed by atoms with Gasteiger partial charge in [0.2, 0.25) is 0 Å². The third-order valence-corrected chi connectivity index (χ3v) is 7.96. The molecule has 1 unspecified atom stereocenters. The molecule has 4 heterocycles. The Bertz CT molecular complexity index is 1380. The van der Waals surface area contributed by atoms with E-state index in [0.29, 0.717) is 38.6 Å². The molecule has 10 nitrogen and oxygen atoms in total. The number of rotatable bonds is 9. The summed E-state index contributed by atoms with van der Waals surface area (Å²) in [5.74, 6) is -0.112. The zero-order valence-corrected chi connectivity index (χ0v) is 22.6. The first kappa shape index (κ1) is 26.2.